The smallest absolute Gasteiger partial charge is 0.329 e. The highest BCUT2D eigenvalue weighted by Crippen LogP contribution is 2.32. The van der Waals surface area contributed by atoms with Gasteiger partial charge in [-0.3, -0.25) is 19.2 Å². The van der Waals surface area contributed by atoms with Gasteiger partial charge in [-0.2, -0.15) is 0 Å². The molecule has 0 aromatic heterocycles. The maximum absolute atomic E-state index is 14.0. The number of alkyl halides is 1. The highest BCUT2D eigenvalue weighted by molar-refractivity contribution is 6.37. The van der Waals surface area contributed by atoms with Gasteiger partial charge in [0, 0.05) is 6.54 Å². The highest BCUT2D eigenvalue weighted by atomic mass is 35.5. The first-order valence-corrected chi connectivity index (χ1v) is 15.3. The minimum absolute atomic E-state index is 0.0357. The molecule has 5 amide bonds. The van der Waals surface area contributed by atoms with Gasteiger partial charge in [0.25, 0.3) is 5.91 Å². The lowest BCUT2D eigenvalue weighted by molar-refractivity contribution is -0.160. The summed E-state index contributed by atoms with van der Waals surface area (Å²) in [6.45, 7) is 15.8. The highest BCUT2D eigenvalue weighted by Gasteiger charge is 2.46. The van der Waals surface area contributed by atoms with Crippen LogP contribution in [0.3, 0.4) is 0 Å². The second kappa shape index (κ2) is 13.8. The zero-order chi connectivity index (χ0) is 33.1. The van der Waals surface area contributed by atoms with Crippen LogP contribution in [0.4, 0.5) is 4.79 Å². The normalized spacial score (nSPS) is 21.6. The number of amides is 5. The van der Waals surface area contributed by atoms with Crippen LogP contribution in [0, 0.1) is 16.7 Å². The summed E-state index contributed by atoms with van der Waals surface area (Å²) in [4.78, 5) is 79.1. The van der Waals surface area contributed by atoms with Crippen molar-refractivity contribution in [3.8, 4) is 0 Å². The summed E-state index contributed by atoms with van der Waals surface area (Å²) in [6, 6.07) is -5.00. The molecule has 5 N–H and O–H groups in total. The Hall–Kier alpha value is -2.89. The number of hydrogen-bond donors (Lipinski definition) is 4. The number of nitrogens with zero attached hydrogens (tertiary/aromatic N) is 1. The number of rotatable bonds is 10. The van der Waals surface area contributed by atoms with Crippen LogP contribution in [0.1, 0.15) is 94.4 Å². The van der Waals surface area contributed by atoms with E-state index in [9.17, 15) is 28.8 Å². The van der Waals surface area contributed by atoms with Crippen molar-refractivity contribution >= 4 is 47.1 Å². The molecule has 0 aromatic carbocycles. The fourth-order valence-corrected chi connectivity index (χ4v) is 5.44. The van der Waals surface area contributed by atoms with E-state index in [1.807, 2.05) is 0 Å². The predicted octanol–water partition coefficient (Wildman–Crippen LogP) is 2.39. The summed E-state index contributed by atoms with van der Waals surface area (Å²) in [5, 5.41) is 7.46. The van der Waals surface area contributed by atoms with Crippen molar-refractivity contribution in [3.05, 3.63) is 0 Å². The molecular formula is C30H50ClN5O7. The number of Topliss-reactive ketones (excluding diaryl/α,β-unsaturated/α-hetero) is 1. The number of nitrogens with two attached hydrogens (primary N) is 1. The van der Waals surface area contributed by atoms with Gasteiger partial charge in [-0.1, -0.05) is 60.8 Å². The number of primary amides is 1. The van der Waals surface area contributed by atoms with E-state index < -0.39 is 81.5 Å². The molecule has 5 atom stereocenters. The van der Waals surface area contributed by atoms with E-state index in [1.165, 1.54) is 4.90 Å². The van der Waals surface area contributed by atoms with E-state index in [4.69, 9.17) is 22.1 Å². The van der Waals surface area contributed by atoms with Crippen LogP contribution in [-0.2, 0) is 28.7 Å². The SMILES string of the molecule is CC(C)(C)OC(=O)[C@H](NC(=O)N[C@H](C(=O)N1C[C@H](Cl)C[C@H]1C(=O)NC(CC1CCC1)C(=O)C(N)=O)C(C)(C)C)C(C)(C)C. The van der Waals surface area contributed by atoms with Gasteiger partial charge in [-0.15, -0.1) is 11.6 Å². The molecule has 244 valence electrons. The van der Waals surface area contributed by atoms with E-state index in [0.29, 0.717) is 0 Å². The number of ether oxygens (including phenoxy) is 1. The number of carbonyl (C=O) groups is 6. The third-order valence-corrected chi connectivity index (χ3v) is 7.99. The summed E-state index contributed by atoms with van der Waals surface area (Å²) in [6.07, 6.45) is 3.20. The fraction of sp³-hybridized carbons (Fsp3) is 0.800. The van der Waals surface area contributed by atoms with Crippen molar-refractivity contribution in [2.45, 2.75) is 130 Å². The minimum atomic E-state index is -1.14. The van der Waals surface area contributed by atoms with Crippen LogP contribution in [0.15, 0.2) is 0 Å². The standard InChI is InChI=1S/C30H50ClN5O7/c1-28(2,3)21(34-27(42)35-22(29(4,5)6)26(41)43-30(7,8)9)25(40)36-15-17(31)14-19(36)24(39)33-18(20(37)23(32)38)13-16-11-10-12-16/h16-19,21-22H,10-15H2,1-9H3,(H2,32,38)(H,33,39)(H2,34,35,42)/t17-,18?,19+,21-,22+/m1/s1. The number of likely N-dealkylation sites (tertiary alicyclic amines) is 1. The Labute approximate surface area is 259 Å². The van der Waals surface area contributed by atoms with Crippen molar-refractivity contribution < 1.29 is 33.5 Å². The Morgan fingerprint density at radius 3 is 1.86 bits per heavy atom. The van der Waals surface area contributed by atoms with Gasteiger partial charge in [0.1, 0.15) is 23.7 Å². The maximum atomic E-state index is 14.0. The Bertz CT molecular complexity index is 1090. The molecule has 13 heteroatoms. The van der Waals surface area contributed by atoms with Gasteiger partial charge in [0.05, 0.1) is 11.4 Å². The molecule has 1 aliphatic heterocycles. The number of ketones is 1. The third kappa shape index (κ3) is 10.4. The summed E-state index contributed by atoms with van der Waals surface area (Å²) in [7, 11) is 0. The second-order valence-corrected chi connectivity index (χ2v) is 15.5. The lowest BCUT2D eigenvalue weighted by Gasteiger charge is -2.37. The molecule has 1 unspecified atom stereocenters. The van der Waals surface area contributed by atoms with Gasteiger partial charge < -0.3 is 31.3 Å². The molecule has 0 aromatic rings. The molecule has 1 aliphatic carbocycles. The quantitative estimate of drug-likeness (QED) is 0.163. The predicted molar refractivity (Wildman–Crippen MR) is 162 cm³/mol. The molecular weight excluding hydrogens is 578 g/mol. The number of carbonyl (C=O) groups excluding carboxylic acids is 6. The molecule has 43 heavy (non-hydrogen) atoms. The van der Waals surface area contributed by atoms with E-state index in [-0.39, 0.29) is 25.3 Å². The average molecular weight is 628 g/mol. The largest absolute Gasteiger partial charge is 0.458 e. The van der Waals surface area contributed by atoms with Gasteiger partial charge in [0.15, 0.2) is 0 Å². The Kier molecular flexibility index (Phi) is 11.7. The molecule has 2 aliphatic rings. The van der Waals surface area contributed by atoms with E-state index in [2.05, 4.69) is 16.0 Å². The molecule has 12 nitrogen and oxygen atoms in total. The number of halogens is 1. The minimum Gasteiger partial charge on any atom is -0.458 e. The molecule has 2 rings (SSSR count). The van der Waals surface area contributed by atoms with E-state index >= 15 is 0 Å². The lowest BCUT2D eigenvalue weighted by atomic mass is 9.80. The molecule has 1 saturated heterocycles. The van der Waals surface area contributed by atoms with Crippen LogP contribution in [0.5, 0.6) is 0 Å². The fourth-order valence-electron chi connectivity index (χ4n) is 5.12. The van der Waals surface area contributed by atoms with Crippen LogP contribution >= 0.6 is 11.6 Å². The lowest BCUT2D eigenvalue weighted by Crippen LogP contribution is -2.62. The van der Waals surface area contributed by atoms with Crippen molar-refractivity contribution in [1.29, 1.82) is 0 Å². The van der Waals surface area contributed by atoms with E-state index in [0.717, 1.165) is 19.3 Å². The zero-order valence-electron chi connectivity index (χ0n) is 27.0. The summed E-state index contributed by atoms with van der Waals surface area (Å²) in [5.74, 6) is -3.61. The average Bonchev–Trinajstić information content (AvgIpc) is 3.20. The molecule has 1 saturated carbocycles. The summed E-state index contributed by atoms with van der Waals surface area (Å²) in [5.41, 5.74) is 2.96. The number of nitrogens with one attached hydrogen (secondary N) is 3. The third-order valence-electron chi connectivity index (χ3n) is 7.68. The van der Waals surface area contributed by atoms with Gasteiger partial charge >= 0.3 is 12.0 Å². The maximum Gasteiger partial charge on any atom is 0.329 e. The van der Waals surface area contributed by atoms with E-state index in [1.54, 1.807) is 62.3 Å². The van der Waals surface area contributed by atoms with Gasteiger partial charge in [-0.05, 0) is 50.4 Å². The van der Waals surface area contributed by atoms with Gasteiger partial charge in [0.2, 0.25) is 17.6 Å². The molecule has 2 fully saturated rings. The number of esters is 1. The topological polar surface area (TPSA) is 177 Å². The zero-order valence-corrected chi connectivity index (χ0v) is 27.7. The summed E-state index contributed by atoms with van der Waals surface area (Å²) >= 11 is 6.42. The molecule has 0 radical (unpaired) electrons. The van der Waals surface area contributed by atoms with Gasteiger partial charge in [-0.25, -0.2) is 9.59 Å². The Balaban J connectivity index is 2.25. The van der Waals surface area contributed by atoms with Crippen molar-refractivity contribution in [2.24, 2.45) is 22.5 Å². The van der Waals surface area contributed by atoms with Crippen LogP contribution in [0.2, 0.25) is 0 Å². The first kappa shape index (κ1) is 36.3. The van der Waals surface area contributed by atoms with Crippen LogP contribution in [-0.4, -0.2) is 82.1 Å². The summed E-state index contributed by atoms with van der Waals surface area (Å²) < 4.78 is 5.51. The molecule has 1 heterocycles. The van der Waals surface area contributed by atoms with Crippen molar-refractivity contribution in [2.75, 3.05) is 6.54 Å². The molecule has 0 spiro atoms. The molecule has 0 bridgehead atoms. The first-order chi connectivity index (χ1) is 19.5. The van der Waals surface area contributed by atoms with Crippen molar-refractivity contribution in [1.82, 2.24) is 20.9 Å². The van der Waals surface area contributed by atoms with Crippen LogP contribution < -0.4 is 21.7 Å². The first-order valence-electron chi connectivity index (χ1n) is 14.9. The van der Waals surface area contributed by atoms with Crippen LogP contribution in [0.25, 0.3) is 0 Å². The monoisotopic (exact) mass is 627 g/mol. The van der Waals surface area contributed by atoms with Crippen molar-refractivity contribution in [3.63, 3.8) is 0 Å². The Morgan fingerprint density at radius 1 is 0.884 bits per heavy atom. The second-order valence-electron chi connectivity index (χ2n) is 14.9. The Morgan fingerprint density at radius 2 is 1.42 bits per heavy atom. The number of urea groups is 1. The number of hydrogen-bond acceptors (Lipinski definition) is 7.